The smallest absolute Gasteiger partial charge is 0.328 e. The summed E-state index contributed by atoms with van der Waals surface area (Å²) in [6.07, 6.45) is 0.760. The molecule has 0 N–H and O–H groups in total. The first-order valence-corrected chi connectivity index (χ1v) is 9.69. The third-order valence-electron chi connectivity index (χ3n) is 4.72. The Hall–Kier alpha value is -2.41. The average molecular weight is 391 g/mol. The molecule has 144 valence electrons. The molecule has 2 heterocycles. The molecule has 2 atom stereocenters. The summed E-state index contributed by atoms with van der Waals surface area (Å²) in [6, 6.07) is 7.42. The SMILES string of the molecule is COC(=O)C1CC(Oc2ccccc2F)CN1C(=O)CCc1sccc1C. The van der Waals surface area contributed by atoms with Gasteiger partial charge in [-0.2, -0.15) is 0 Å². The highest BCUT2D eigenvalue weighted by Crippen LogP contribution is 2.27. The van der Waals surface area contributed by atoms with Crippen molar-refractivity contribution in [1.29, 1.82) is 0 Å². The normalized spacial score (nSPS) is 19.1. The van der Waals surface area contributed by atoms with E-state index in [9.17, 15) is 14.0 Å². The quantitative estimate of drug-likeness (QED) is 0.709. The van der Waals surface area contributed by atoms with Crippen LogP contribution in [0.25, 0.3) is 0 Å². The number of likely N-dealkylation sites (tertiary alicyclic amines) is 1. The molecule has 27 heavy (non-hydrogen) atoms. The molecule has 0 saturated carbocycles. The predicted octanol–water partition coefficient (Wildman–Crippen LogP) is 3.35. The highest BCUT2D eigenvalue weighted by Gasteiger charge is 2.41. The standard InChI is InChI=1S/C20H22FNO4S/c1-13-9-10-27-18(13)7-8-19(23)22-12-14(11-16(22)20(24)25-2)26-17-6-4-3-5-15(17)21/h3-6,9-10,14,16H,7-8,11-12H2,1-2H3. The summed E-state index contributed by atoms with van der Waals surface area (Å²) in [7, 11) is 1.30. The van der Waals surface area contributed by atoms with Crippen molar-refractivity contribution in [3.05, 3.63) is 52.0 Å². The molecule has 1 aromatic heterocycles. The first-order chi connectivity index (χ1) is 13.0. The molecular weight excluding hydrogens is 369 g/mol. The van der Waals surface area contributed by atoms with Crippen LogP contribution in [-0.2, 0) is 20.7 Å². The number of carbonyl (C=O) groups is 2. The number of carbonyl (C=O) groups excluding carboxylic acids is 2. The lowest BCUT2D eigenvalue weighted by molar-refractivity contribution is -0.150. The molecule has 0 radical (unpaired) electrons. The molecule has 1 fully saturated rings. The van der Waals surface area contributed by atoms with E-state index in [2.05, 4.69) is 0 Å². The number of rotatable bonds is 6. The number of esters is 1. The number of para-hydroxylation sites is 1. The zero-order chi connectivity index (χ0) is 19.4. The van der Waals surface area contributed by atoms with Gasteiger partial charge in [-0.05, 0) is 42.5 Å². The number of hydrogen-bond donors (Lipinski definition) is 0. The van der Waals surface area contributed by atoms with Crippen LogP contribution in [0.3, 0.4) is 0 Å². The molecule has 1 saturated heterocycles. The van der Waals surface area contributed by atoms with Gasteiger partial charge >= 0.3 is 5.97 Å². The van der Waals surface area contributed by atoms with Crippen LogP contribution in [-0.4, -0.2) is 42.6 Å². The molecule has 7 heteroatoms. The Morgan fingerprint density at radius 3 is 2.74 bits per heavy atom. The average Bonchev–Trinajstić information content (AvgIpc) is 3.27. The highest BCUT2D eigenvalue weighted by atomic mass is 32.1. The number of aryl methyl sites for hydroxylation is 2. The largest absolute Gasteiger partial charge is 0.485 e. The zero-order valence-electron chi connectivity index (χ0n) is 15.3. The second-order valence-corrected chi connectivity index (χ2v) is 7.52. The van der Waals surface area contributed by atoms with Crippen LogP contribution < -0.4 is 4.74 Å². The monoisotopic (exact) mass is 391 g/mol. The van der Waals surface area contributed by atoms with Gasteiger partial charge in [0.2, 0.25) is 5.91 Å². The van der Waals surface area contributed by atoms with Crippen LogP contribution in [0.1, 0.15) is 23.3 Å². The van der Waals surface area contributed by atoms with E-state index in [0.717, 1.165) is 4.88 Å². The third kappa shape index (κ3) is 4.47. The zero-order valence-corrected chi connectivity index (χ0v) is 16.1. The van der Waals surface area contributed by atoms with Gasteiger partial charge in [0.25, 0.3) is 0 Å². The van der Waals surface area contributed by atoms with E-state index in [-0.39, 0.29) is 24.6 Å². The molecule has 0 bridgehead atoms. The summed E-state index contributed by atoms with van der Waals surface area (Å²) in [5.41, 5.74) is 1.17. The fourth-order valence-corrected chi connectivity index (χ4v) is 4.17. The Morgan fingerprint density at radius 2 is 2.07 bits per heavy atom. The highest BCUT2D eigenvalue weighted by molar-refractivity contribution is 7.10. The van der Waals surface area contributed by atoms with Gasteiger partial charge in [-0.1, -0.05) is 12.1 Å². The van der Waals surface area contributed by atoms with Crippen molar-refractivity contribution in [2.24, 2.45) is 0 Å². The maximum absolute atomic E-state index is 13.8. The van der Waals surface area contributed by atoms with Crippen molar-refractivity contribution in [2.45, 2.75) is 38.3 Å². The molecule has 0 spiro atoms. The summed E-state index contributed by atoms with van der Waals surface area (Å²) in [5.74, 6) is -0.951. The molecule has 3 rings (SSSR count). The maximum Gasteiger partial charge on any atom is 0.328 e. The number of halogens is 1. The van der Waals surface area contributed by atoms with E-state index in [0.29, 0.717) is 12.8 Å². The molecule has 1 aromatic carbocycles. The fourth-order valence-electron chi connectivity index (χ4n) is 3.26. The minimum atomic E-state index is -0.705. The van der Waals surface area contributed by atoms with Crippen molar-refractivity contribution in [2.75, 3.05) is 13.7 Å². The number of ether oxygens (including phenoxy) is 2. The van der Waals surface area contributed by atoms with Gasteiger partial charge in [0.05, 0.1) is 13.7 Å². The number of methoxy groups -OCH3 is 1. The minimum Gasteiger partial charge on any atom is -0.485 e. The minimum absolute atomic E-state index is 0.120. The number of hydrogen-bond acceptors (Lipinski definition) is 5. The Kier molecular flexibility index (Phi) is 6.11. The van der Waals surface area contributed by atoms with Crippen molar-refractivity contribution >= 4 is 23.2 Å². The summed E-state index contributed by atoms with van der Waals surface area (Å²) >= 11 is 1.62. The van der Waals surface area contributed by atoms with Crippen LogP contribution in [0.5, 0.6) is 5.75 Å². The van der Waals surface area contributed by atoms with E-state index >= 15 is 0 Å². The van der Waals surface area contributed by atoms with Gasteiger partial charge in [0.15, 0.2) is 11.6 Å². The van der Waals surface area contributed by atoms with E-state index in [1.54, 1.807) is 23.5 Å². The second-order valence-electron chi connectivity index (χ2n) is 6.52. The lowest BCUT2D eigenvalue weighted by Crippen LogP contribution is -2.41. The van der Waals surface area contributed by atoms with E-state index < -0.39 is 23.9 Å². The molecule has 1 aliphatic heterocycles. The van der Waals surface area contributed by atoms with E-state index in [4.69, 9.17) is 9.47 Å². The summed E-state index contributed by atoms with van der Waals surface area (Å²) in [6.45, 7) is 2.25. The Morgan fingerprint density at radius 1 is 1.30 bits per heavy atom. The van der Waals surface area contributed by atoms with Crippen LogP contribution in [0.15, 0.2) is 35.7 Å². The predicted molar refractivity (Wildman–Crippen MR) is 100 cm³/mol. The molecule has 0 aliphatic carbocycles. The number of thiophene rings is 1. The number of benzene rings is 1. The number of amides is 1. The molecule has 1 amide bonds. The second kappa shape index (κ2) is 8.52. The van der Waals surface area contributed by atoms with Gasteiger partial charge in [-0.15, -0.1) is 11.3 Å². The van der Waals surface area contributed by atoms with Crippen LogP contribution in [0.4, 0.5) is 4.39 Å². The van der Waals surface area contributed by atoms with Crippen molar-refractivity contribution in [3.63, 3.8) is 0 Å². The van der Waals surface area contributed by atoms with Crippen LogP contribution in [0, 0.1) is 12.7 Å². The molecule has 1 aliphatic rings. The Bertz CT molecular complexity index is 822. The fraction of sp³-hybridized carbons (Fsp3) is 0.400. The molecule has 5 nitrogen and oxygen atoms in total. The van der Waals surface area contributed by atoms with Gasteiger partial charge in [-0.3, -0.25) is 4.79 Å². The maximum atomic E-state index is 13.8. The molecular formula is C20H22FNO4S. The van der Waals surface area contributed by atoms with Gasteiger partial charge in [-0.25, -0.2) is 9.18 Å². The summed E-state index contributed by atoms with van der Waals surface area (Å²) < 4.78 is 24.4. The van der Waals surface area contributed by atoms with Gasteiger partial charge < -0.3 is 14.4 Å². The van der Waals surface area contributed by atoms with Gasteiger partial charge in [0.1, 0.15) is 12.1 Å². The summed E-state index contributed by atoms with van der Waals surface area (Å²) in [5, 5.41) is 2.00. The molecule has 2 aromatic rings. The third-order valence-corrected chi connectivity index (χ3v) is 5.80. The van der Waals surface area contributed by atoms with E-state index in [1.165, 1.54) is 29.7 Å². The molecule has 2 unspecified atom stereocenters. The van der Waals surface area contributed by atoms with Crippen LogP contribution >= 0.6 is 11.3 Å². The van der Waals surface area contributed by atoms with Crippen molar-refractivity contribution < 1.29 is 23.5 Å². The van der Waals surface area contributed by atoms with Gasteiger partial charge in [0, 0.05) is 17.7 Å². The van der Waals surface area contributed by atoms with Crippen LogP contribution in [0.2, 0.25) is 0 Å². The lowest BCUT2D eigenvalue weighted by atomic mass is 10.1. The van der Waals surface area contributed by atoms with Crippen molar-refractivity contribution in [3.8, 4) is 5.75 Å². The lowest BCUT2D eigenvalue weighted by Gasteiger charge is -2.22. The Balaban J connectivity index is 1.68. The number of nitrogens with zero attached hydrogens (tertiary/aromatic N) is 1. The summed E-state index contributed by atoms with van der Waals surface area (Å²) in [4.78, 5) is 27.5. The Labute approximate surface area is 161 Å². The topological polar surface area (TPSA) is 55.8 Å². The van der Waals surface area contributed by atoms with E-state index in [1.807, 2.05) is 18.4 Å². The first kappa shape index (κ1) is 19.4. The first-order valence-electron chi connectivity index (χ1n) is 8.81. The van der Waals surface area contributed by atoms with Crippen molar-refractivity contribution in [1.82, 2.24) is 4.90 Å².